The van der Waals surface area contributed by atoms with Crippen molar-refractivity contribution in [1.82, 2.24) is 14.8 Å². The van der Waals surface area contributed by atoms with Crippen LogP contribution in [-0.2, 0) is 10.3 Å². The van der Waals surface area contributed by atoms with Crippen LogP contribution in [0.1, 0.15) is 37.5 Å². The van der Waals surface area contributed by atoms with Gasteiger partial charge in [-0.1, -0.05) is 0 Å². The fraction of sp³-hybridized carbons (Fsp3) is 0.800. The molecule has 15 heavy (non-hydrogen) atoms. The zero-order chi connectivity index (χ0) is 10.3. The fourth-order valence-corrected chi connectivity index (χ4v) is 2.18. The molecule has 0 aromatic carbocycles. The third-order valence-corrected chi connectivity index (χ3v) is 3.34. The van der Waals surface area contributed by atoms with Crippen molar-refractivity contribution in [3.63, 3.8) is 0 Å². The Hall–Kier alpha value is -0.940. The Morgan fingerprint density at radius 1 is 1.40 bits per heavy atom. The molecule has 1 aliphatic carbocycles. The molecular formula is C10H16N4O. The third-order valence-electron chi connectivity index (χ3n) is 3.34. The highest BCUT2D eigenvalue weighted by atomic mass is 16.5. The summed E-state index contributed by atoms with van der Waals surface area (Å²) in [5.74, 6) is 0.952. The summed E-state index contributed by atoms with van der Waals surface area (Å²) >= 11 is 0. The van der Waals surface area contributed by atoms with Crippen molar-refractivity contribution >= 4 is 0 Å². The van der Waals surface area contributed by atoms with Crippen LogP contribution in [0.25, 0.3) is 0 Å². The maximum Gasteiger partial charge on any atom is 0.153 e. The van der Waals surface area contributed by atoms with E-state index in [-0.39, 0.29) is 5.54 Å². The largest absolute Gasteiger partial charge is 0.381 e. The fourth-order valence-electron chi connectivity index (χ4n) is 2.18. The minimum absolute atomic E-state index is 0.322. The van der Waals surface area contributed by atoms with E-state index in [4.69, 9.17) is 10.5 Å². The molecule has 5 heteroatoms. The molecule has 1 saturated carbocycles. The first-order valence-electron chi connectivity index (χ1n) is 5.56. The first-order chi connectivity index (χ1) is 7.30. The minimum atomic E-state index is -0.322. The summed E-state index contributed by atoms with van der Waals surface area (Å²) < 4.78 is 7.50. The van der Waals surface area contributed by atoms with Gasteiger partial charge in [0.25, 0.3) is 0 Å². The molecule has 2 heterocycles. The minimum Gasteiger partial charge on any atom is -0.381 e. The van der Waals surface area contributed by atoms with E-state index >= 15 is 0 Å². The highest BCUT2D eigenvalue weighted by Crippen LogP contribution is 2.38. The molecule has 5 nitrogen and oxygen atoms in total. The highest BCUT2D eigenvalue weighted by molar-refractivity contribution is 5.09. The standard InChI is InChI=1S/C10H16N4O/c11-10(3-5-15-6-4-10)9-13-12-7-14(9)8-1-2-8/h7-8H,1-6,11H2. The monoisotopic (exact) mass is 208 g/mol. The molecule has 3 rings (SSSR count). The van der Waals surface area contributed by atoms with Gasteiger partial charge in [0.05, 0.1) is 5.54 Å². The molecule has 0 atom stereocenters. The van der Waals surface area contributed by atoms with E-state index in [1.807, 2.05) is 6.33 Å². The predicted octanol–water partition coefficient (Wildman–Crippen LogP) is 0.577. The van der Waals surface area contributed by atoms with Crippen LogP contribution >= 0.6 is 0 Å². The Morgan fingerprint density at radius 2 is 2.13 bits per heavy atom. The van der Waals surface area contributed by atoms with Gasteiger partial charge in [-0.15, -0.1) is 10.2 Å². The molecule has 0 spiro atoms. The Morgan fingerprint density at radius 3 is 2.80 bits per heavy atom. The molecule has 0 amide bonds. The molecule has 1 saturated heterocycles. The number of nitrogens with zero attached hydrogens (tertiary/aromatic N) is 3. The van der Waals surface area contributed by atoms with Gasteiger partial charge < -0.3 is 15.0 Å². The summed E-state index contributed by atoms with van der Waals surface area (Å²) in [4.78, 5) is 0. The summed E-state index contributed by atoms with van der Waals surface area (Å²) in [6.45, 7) is 1.46. The average Bonchev–Trinajstić information content (AvgIpc) is 2.97. The molecule has 2 fully saturated rings. The van der Waals surface area contributed by atoms with Gasteiger partial charge in [0.1, 0.15) is 6.33 Å². The van der Waals surface area contributed by atoms with Gasteiger partial charge in [-0.05, 0) is 25.7 Å². The number of aromatic nitrogens is 3. The van der Waals surface area contributed by atoms with E-state index in [0.717, 1.165) is 31.9 Å². The zero-order valence-corrected chi connectivity index (χ0v) is 8.72. The summed E-state index contributed by atoms with van der Waals surface area (Å²) in [5, 5.41) is 8.20. The van der Waals surface area contributed by atoms with Crippen molar-refractivity contribution in [2.75, 3.05) is 13.2 Å². The molecule has 1 aliphatic heterocycles. The van der Waals surface area contributed by atoms with Gasteiger partial charge in [0, 0.05) is 19.3 Å². The number of ether oxygens (including phenoxy) is 1. The van der Waals surface area contributed by atoms with Gasteiger partial charge >= 0.3 is 0 Å². The summed E-state index contributed by atoms with van der Waals surface area (Å²) in [7, 11) is 0. The number of nitrogens with two attached hydrogens (primary N) is 1. The lowest BCUT2D eigenvalue weighted by molar-refractivity contribution is 0.0477. The van der Waals surface area contributed by atoms with Crippen molar-refractivity contribution in [3.8, 4) is 0 Å². The maximum atomic E-state index is 6.39. The average molecular weight is 208 g/mol. The number of hydrogen-bond donors (Lipinski definition) is 1. The van der Waals surface area contributed by atoms with E-state index in [0.29, 0.717) is 6.04 Å². The van der Waals surface area contributed by atoms with Gasteiger partial charge in [-0.25, -0.2) is 0 Å². The molecular weight excluding hydrogens is 192 g/mol. The van der Waals surface area contributed by atoms with Gasteiger partial charge in [0.15, 0.2) is 5.82 Å². The molecule has 1 aromatic rings. The molecule has 0 radical (unpaired) electrons. The van der Waals surface area contributed by atoms with Crippen molar-refractivity contribution in [3.05, 3.63) is 12.2 Å². The van der Waals surface area contributed by atoms with Gasteiger partial charge in [0.2, 0.25) is 0 Å². The van der Waals surface area contributed by atoms with Crippen LogP contribution in [0.15, 0.2) is 6.33 Å². The van der Waals surface area contributed by atoms with Crippen LogP contribution in [0.3, 0.4) is 0 Å². The molecule has 2 N–H and O–H groups in total. The van der Waals surface area contributed by atoms with Crippen LogP contribution in [0.2, 0.25) is 0 Å². The van der Waals surface area contributed by atoms with Crippen LogP contribution in [0.4, 0.5) is 0 Å². The highest BCUT2D eigenvalue weighted by Gasteiger charge is 2.38. The Kier molecular flexibility index (Phi) is 2.03. The predicted molar refractivity (Wildman–Crippen MR) is 54.2 cm³/mol. The molecule has 1 aromatic heterocycles. The molecule has 0 unspecified atom stereocenters. The second kappa shape index (κ2) is 3.28. The van der Waals surface area contributed by atoms with E-state index in [9.17, 15) is 0 Å². The number of hydrogen-bond acceptors (Lipinski definition) is 4. The topological polar surface area (TPSA) is 66.0 Å². The van der Waals surface area contributed by atoms with E-state index in [1.54, 1.807) is 0 Å². The van der Waals surface area contributed by atoms with Gasteiger partial charge in [-0.3, -0.25) is 0 Å². The lowest BCUT2D eigenvalue weighted by Crippen LogP contribution is -2.44. The second-order valence-electron chi connectivity index (χ2n) is 4.56. The zero-order valence-electron chi connectivity index (χ0n) is 8.72. The lowest BCUT2D eigenvalue weighted by atomic mass is 9.90. The first-order valence-corrected chi connectivity index (χ1v) is 5.56. The maximum absolute atomic E-state index is 6.39. The molecule has 82 valence electrons. The smallest absolute Gasteiger partial charge is 0.153 e. The van der Waals surface area contributed by atoms with Crippen LogP contribution < -0.4 is 5.73 Å². The normalized spacial score (nSPS) is 25.4. The van der Waals surface area contributed by atoms with E-state index in [1.165, 1.54) is 12.8 Å². The van der Waals surface area contributed by atoms with E-state index in [2.05, 4.69) is 14.8 Å². The number of rotatable bonds is 2. The van der Waals surface area contributed by atoms with Crippen molar-refractivity contribution in [2.45, 2.75) is 37.3 Å². The van der Waals surface area contributed by atoms with Crippen LogP contribution in [0, 0.1) is 0 Å². The first kappa shape index (κ1) is 9.30. The lowest BCUT2D eigenvalue weighted by Gasteiger charge is -2.32. The Labute approximate surface area is 88.6 Å². The van der Waals surface area contributed by atoms with Crippen LogP contribution in [0.5, 0.6) is 0 Å². The summed E-state index contributed by atoms with van der Waals surface area (Å²) in [6, 6.07) is 0.596. The molecule has 0 bridgehead atoms. The van der Waals surface area contributed by atoms with Gasteiger partial charge in [-0.2, -0.15) is 0 Å². The Balaban J connectivity index is 1.92. The molecule has 2 aliphatic rings. The Bertz CT molecular complexity index is 352. The quantitative estimate of drug-likeness (QED) is 0.772. The van der Waals surface area contributed by atoms with Crippen molar-refractivity contribution < 1.29 is 4.74 Å². The second-order valence-corrected chi connectivity index (χ2v) is 4.56. The third kappa shape index (κ3) is 1.55. The van der Waals surface area contributed by atoms with Crippen molar-refractivity contribution in [1.29, 1.82) is 0 Å². The summed E-state index contributed by atoms with van der Waals surface area (Å²) in [5.41, 5.74) is 6.07. The van der Waals surface area contributed by atoms with Crippen molar-refractivity contribution in [2.24, 2.45) is 5.73 Å². The SMILES string of the molecule is NC1(c2nncn2C2CC2)CCOCC1. The van der Waals surface area contributed by atoms with E-state index < -0.39 is 0 Å². The van der Waals surface area contributed by atoms with Crippen LogP contribution in [-0.4, -0.2) is 28.0 Å². The summed E-state index contributed by atoms with van der Waals surface area (Å²) in [6.07, 6.45) is 5.98.